The van der Waals surface area contributed by atoms with Gasteiger partial charge in [0, 0.05) is 11.5 Å². The molecule has 0 saturated carbocycles. The number of benzene rings is 1. The van der Waals surface area contributed by atoms with E-state index in [4.69, 9.17) is 5.73 Å². The zero-order valence-corrected chi connectivity index (χ0v) is 13.4. The Kier molecular flexibility index (Phi) is 6.21. The third kappa shape index (κ3) is 4.97. The zero-order chi connectivity index (χ0) is 15.3. The molecule has 0 fully saturated rings. The summed E-state index contributed by atoms with van der Waals surface area (Å²) in [6.07, 6.45) is 1.11. The molecule has 0 aliphatic heterocycles. The van der Waals surface area contributed by atoms with Gasteiger partial charge in [0.2, 0.25) is 0 Å². The van der Waals surface area contributed by atoms with Gasteiger partial charge in [0.05, 0.1) is 0 Å². The van der Waals surface area contributed by atoms with Gasteiger partial charge in [-0.2, -0.15) is 0 Å². The largest absolute Gasteiger partial charge is 0.365 e. The second-order valence-electron chi connectivity index (χ2n) is 6.49. The van der Waals surface area contributed by atoms with Crippen LogP contribution in [0.2, 0.25) is 0 Å². The number of nitrogens with two attached hydrogens (primary N) is 2. The van der Waals surface area contributed by atoms with E-state index < -0.39 is 0 Å². The fourth-order valence-corrected chi connectivity index (χ4v) is 2.47. The molecule has 0 heterocycles. The number of amides is 1. The lowest BCUT2D eigenvalue weighted by Gasteiger charge is -2.22. The summed E-state index contributed by atoms with van der Waals surface area (Å²) in [6.45, 7) is 10.7. The average Bonchev–Trinajstić information content (AvgIpc) is 2.35. The second-order valence-corrected chi connectivity index (χ2v) is 6.49. The smallest absolute Gasteiger partial charge is 0.275 e. The van der Waals surface area contributed by atoms with Crippen LogP contribution in [0.5, 0.6) is 0 Å². The van der Waals surface area contributed by atoms with Crippen LogP contribution in [0.4, 0.5) is 0 Å². The van der Waals surface area contributed by atoms with Crippen LogP contribution < -0.4 is 11.1 Å². The van der Waals surface area contributed by atoms with Gasteiger partial charge in [0.1, 0.15) is 6.04 Å². The first-order valence-corrected chi connectivity index (χ1v) is 7.54. The molecule has 0 unspecified atom stereocenters. The van der Waals surface area contributed by atoms with E-state index in [0.717, 1.165) is 6.42 Å². The minimum Gasteiger partial charge on any atom is -0.365 e. The van der Waals surface area contributed by atoms with Crippen molar-refractivity contribution in [3.05, 3.63) is 35.4 Å². The second kappa shape index (κ2) is 7.44. The Hall–Kier alpha value is -1.35. The molecule has 1 aromatic rings. The molecule has 4 N–H and O–H groups in total. The third-order valence-electron chi connectivity index (χ3n) is 3.67. The van der Waals surface area contributed by atoms with Crippen LogP contribution in [0.3, 0.4) is 0 Å². The van der Waals surface area contributed by atoms with Gasteiger partial charge in [-0.1, -0.05) is 52.0 Å². The van der Waals surface area contributed by atoms with Crippen molar-refractivity contribution in [1.29, 1.82) is 0 Å². The summed E-state index contributed by atoms with van der Waals surface area (Å²) in [5.74, 6) is 0.864. The molecule has 0 saturated heterocycles. The summed E-state index contributed by atoms with van der Waals surface area (Å²) in [7, 11) is 0. The lowest BCUT2D eigenvalue weighted by atomic mass is 9.93. The van der Waals surface area contributed by atoms with Crippen molar-refractivity contribution in [2.45, 2.75) is 53.1 Å². The van der Waals surface area contributed by atoms with Crippen LogP contribution in [0, 0.1) is 11.8 Å². The highest BCUT2D eigenvalue weighted by Gasteiger charge is 2.24. The van der Waals surface area contributed by atoms with Gasteiger partial charge in [-0.15, -0.1) is 0 Å². The molecule has 20 heavy (non-hydrogen) atoms. The van der Waals surface area contributed by atoms with E-state index in [1.54, 1.807) is 0 Å². The molecule has 0 aliphatic rings. The summed E-state index contributed by atoms with van der Waals surface area (Å²) >= 11 is 0. The van der Waals surface area contributed by atoms with E-state index in [2.05, 4.69) is 57.3 Å². The number of carbonyl (C=O) groups excluding carboxylic acids is 1. The van der Waals surface area contributed by atoms with Crippen molar-refractivity contribution in [3.8, 4) is 0 Å². The molecule has 0 spiro atoms. The van der Waals surface area contributed by atoms with Crippen molar-refractivity contribution >= 4 is 5.91 Å². The number of hydrogen-bond acceptors (Lipinski definition) is 1. The van der Waals surface area contributed by atoms with Crippen molar-refractivity contribution in [2.75, 3.05) is 0 Å². The van der Waals surface area contributed by atoms with Gasteiger partial charge in [0.15, 0.2) is 6.04 Å². The summed E-state index contributed by atoms with van der Waals surface area (Å²) in [5.41, 5.74) is 8.01. The predicted octanol–water partition coefficient (Wildman–Crippen LogP) is 2.02. The Morgan fingerprint density at radius 1 is 1.10 bits per heavy atom. The van der Waals surface area contributed by atoms with Crippen LogP contribution in [-0.4, -0.2) is 11.9 Å². The molecule has 0 bridgehead atoms. The van der Waals surface area contributed by atoms with Crippen molar-refractivity contribution < 1.29 is 10.1 Å². The molecule has 3 nitrogen and oxygen atoms in total. The Morgan fingerprint density at radius 3 is 2.05 bits per heavy atom. The summed E-state index contributed by atoms with van der Waals surface area (Å²) in [5, 5.41) is 2.07. The van der Waals surface area contributed by atoms with Crippen molar-refractivity contribution in [3.63, 3.8) is 0 Å². The van der Waals surface area contributed by atoms with E-state index in [9.17, 15) is 4.79 Å². The SMILES string of the molecule is CC(C)Cc1ccc([C@H]([NH2+][C@@H](C)C(N)=O)C(C)C)cc1. The molecular weight excluding hydrogens is 248 g/mol. The Bertz CT molecular complexity index is 423. The van der Waals surface area contributed by atoms with Crippen LogP contribution in [0.25, 0.3) is 0 Å². The van der Waals surface area contributed by atoms with Crippen LogP contribution in [-0.2, 0) is 11.2 Å². The zero-order valence-electron chi connectivity index (χ0n) is 13.4. The molecular formula is C17H29N2O+. The van der Waals surface area contributed by atoms with E-state index in [1.165, 1.54) is 11.1 Å². The lowest BCUT2D eigenvalue weighted by Crippen LogP contribution is -2.93. The maximum Gasteiger partial charge on any atom is 0.275 e. The first kappa shape index (κ1) is 16.7. The monoisotopic (exact) mass is 277 g/mol. The van der Waals surface area contributed by atoms with Crippen molar-refractivity contribution in [2.24, 2.45) is 17.6 Å². The molecule has 1 amide bonds. The summed E-state index contributed by atoms with van der Waals surface area (Å²) < 4.78 is 0. The Labute approximate surface area is 122 Å². The molecule has 0 radical (unpaired) electrons. The molecule has 3 heteroatoms. The fourth-order valence-electron chi connectivity index (χ4n) is 2.47. The van der Waals surface area contributed by atoms with Gasteiger partial charge in [-0.25, -0.2) is 0 Å². The quantitative estimate of drug-likeness (QED) is 0.787. The van der Waals surface area contributed by atoms with E-state index in [0.29, 0.717) is 11.8 Å². The average molecular weight is 277 g/mol. The van der Waals surface area contributed by atoms with Crippen LogP contribution in [0.15, 0.2) is 24.3 Å². The molecule has 0 aromatic heterocycles. The molecule has 1 aromatic carbocycles. The first-order chi connectivity index (χ1) is 9.31. The molecule has 2 atom stereocenters. The highest BCUT2D eigenvalue weighted by molar-refractivity contribution is 5.77. The highest BCUT2D eigenvalue weighted by atomic mass is 16.1. The Morgan fingerprint density at radius 2 is 1.65 bits per heavy atom. The van der Waals surface area contributed by atoms with E-state index in [-0.39, 0.29) is 18.0 Å². The number of carbonyl (C=O) groups is 1. The Balaban J connectivity index is 2.84. The predicted molar refractivity (Wildman–Crippen MR) is 83.1 cm³/mol. The summed E-state index contributed by atoms with van der Waals surface area (Å²) in [6, 6.07) is 8.85. The van der Waals surface area contributed by atoms with Crippen LogP contribution in [0.1, 0.15) is 51.8 Å². The third-order valence-corrected chi connectivity index (χ3v) is 3.67. The number of primary amides is 1. The first-order valence-electron chi connectivity index (χ1n) is 7.54. The molecule has 0 aliphatic carbocycles. The normalized spacial score (nSPS) is 14.6. The number of hydrogen-bond donors (Lipinski definition) is 2. The number of quaternary nitrogens is 1. The van der Waals surface area contributed by atoms with Crippen LogP contribution >= 0.6 is 0 Å². The lowest BCUT2D eigenvalue weighted by molar-refractivity contribution is -0.719. The highest BCUT2D eigenvalue weighted by Crippen LogP contribution is 2.19. The van der Waals surface area contributed by atoms with Gasteiger partial charge < -0.3 is 11.1 Å². The van der Waals surface area contributed by atoms with Gasteiger partial charge in [-0.3, -0.25) is 4.79 Å². The number of rotatable bonds is 7. The molecule has 1 rings (SSSR count). The minimum absolute atomic E-state index is 0.197. The van der Waals surface area contributed by atoms with Crippen molar-refractivity contribution in [1.82, 2.24) is 0 Å². The van der Waals surface area contributed by atoms with Gasteiger partial charge >= 0.3 is 0 Å². The molecule has 112 valence electrons. The minimum atomic E-state index is -0.257. The topological polar surface area (TPSA) is 59.7 Å². The van der Waals surface area contributed by atoms with E-state index >= 15 is 0 Å². The maximum absolute atomic E-state index is 11.3. The van der Waals surface area contributed by atoms with Gasteiger partial charge in [0.25, 0.3) is 5.91 Å². The fraction of sp³-hybridized carbons (Fsp3) is 0.588. The maximum atomic E-state index is 11.3. The van der Waals surface area contributed by atoms with E-state index in [1.807, 2.05) is 6.92 Å². The standard InChI is InChI=1S/C17H28N2O/c1-11(2)10-14-6-8-15(9-7-14)16(12(3)4)19-13(5)17(18)20/h6-9,11-13,16,19H,10H2,1-5H3,(H2,18,20)/p+1/t13-,16+/m0/s1. The van der Waals surface area contributed by atoms with Gasteiger partial charge in [-0.05, 0) is 24.8 Å². The summed E-state index contributed by atoms with van der Waals surface area (Å²) in [4.78, 5) is 11.3.